The molecule has 6 N–H and O–H groups in total. The molecular formula is C22H35N7OS. The fourth-order valence-electron chi connectivity index (χ4n) is 4.46. The molecule has 31 heavy (non-hydrogen) atoms. The van der Waals surface area contributed by atoms with Crippen molar-refractivity contribution in [3.63, 3.8) is 0 Å². The van der Waals surface area contributed by atoms with E-state index in [1.807, 2.05) is 11.8 Å². The molecule has 1 aromatic carbocycles. The molecule has 4 rings (SSSR count). The number of hydrazine groups is 1. The van der Waals surface area contributed by atoms with Gasteiger partial charge in [-0.05, 0) is 49.2 Å². The zero-order chi connectivity index (χ0) is 21.6. The van der Waals surface area contributed by atoms with Gasteiger partial charge in [0.2, 0.25) is 5.91 Å². The third-order valence-electron chi connectivity index (χ3n) is 6.02. The Hall–Kier alpha value is -1.78. The van der Waals surface area contributed by atoms with Crippen LogP contribution in [0.5, 0.6) is 0 Å². The predicted molar refractivity (Wildman–Crippen MR) is 125 cm³/mol. The molecular weight excluding hydrogens is 410 g/mol. The third kappa shape index (κ3) is 5.72. The van der Waals surface area contributed by atoms with Crippen molar-refractivity contribution in [3.05, 3.63) is 46.9 Å². The van der Waals surface area contributed by atoms with Crippen molar-refractivity contribution in [2.45, 2.75) is 57.4 Å². The monoisotopic (exact) mass is 445 g/mol. The summed E-state index contributed by atoms with van der Waals surface area (Å²) in [5.41, 5.74) is 6.11. The number of rotatable bonds is 9. The van der Waals surface area contributed by atoms with Crippen molar-refractivity contribution in [1.82, 2.24) is 31.2 Å². The van der Waals surface area contributed by atoms with E-state index in [0.29, 0.717) is 18.9 Å². The Morgan fingerprint density at radius 2 is 2.00 bits per heavy atom. The van der Waals surface area contributed by atoms with E-state index in [1.54, 1.807) is 0 Å². The number of nitrogens with two attached hydrogens (primary N) is 1. The van der Waals surface area contributed by atoms with Crippen LogP contribution in [0, 0.1) is 0 Å². The van der Waals surface area contributed by atoms with Crippen molar-refractivity contribution >= 4 is 17.7 Å². The van der Waals surface area contributed by atoms with Crippen LogP contribution in [0.4, 0.5) is 0 Å². The first-order valence-corrected chi connectivity index (χ1v) is 12.4. The number of carbonyl (C=O) groups is 1. The van der Waals surface area contributed by atoms with E-state index in [0.717, 1.165) is 18.0 Å². The number of nitrogens with one attached hydrogen (secondary N) is 4. The minimum Gasteiger partial charge on any atom is -0.345 e. The lowest BCUT2D eigenvalue weighted by Gasteiger charge is -2.44. The molecule has 0 aliphatic carbocycles. The standard InChI is InChI=1S/C22H35N7OS/c1-2-3-11-31-22-25-20(27-23)19-21(26-22)29(15-18(30)24-19)14-17-8-6-7-16(12-17)13-28-9-4-5-10-28/h6-8,12,21-22,25-27H,2-5,9-11,13-15,23H2,1H3,(H,24,30). The summed E-state index contributed by atoms with van der Waals surface area (Å²) in [6.07, 6.45) is 4.83. The van der Waals surface area contributed by atoms with Crippen LogP contribution in [0.3, 0.4) is 0 Å². The van der Waals surface area contributed by atoms with Gasteiger partial charge in [0.1, 0.15) is 17.5 Å². The van der Waals surface area contributed by atoms with Gasteiger partial charge in [-0.15, -0.1) is 11.8 Å². The zero-order valence-electron chi connectivity index (χ0n) is 18.3. The van der Waals surface area contributed by atoms with Crippen LogP contribution in [0.15, 0.2) is 35.8 Å². The number of nitrogens with zero attached hydrogens (tertiary/aromatic N) is 2. The molecule has 9 heteroatoms. The maximum atomic E-state index is 12.4. The Morgan fingerprint density at radius 3 is 2.74 bits per heavy atom. The maximum Gasteiger partial charge on any atom is 0.238 e. The Morgan fingerprint density at radius 1 is 1.23 bits per heavy atom. The van der Waals surface area contributed by atoms with Crippen LogP contribution in [-0.2, 0) is 17.9 Å². The molecule has 1 aromatic rings. The largest absolute Gasteiger partial charge is 0.345 e. The number of amides is 1. The summed E-state index contributed by atoms with van der Waals surface area (Å²) < 4.78 is 0. The normalized spacial score (nSPS) is 24.6. The second-order valence-corrected chi connectivity index (χ2v) is 9.72. The summed E-state index contributed by atoms with van der Waals surface area (Å²) in [4.78, 5) is 17.1. The van der Waals surface area contributed by atoms with E-state index in [1.165, 1.54) is 49.9 Å². The summed E-state index contributed by atoms with van der Waals surface area (Å²) in [7, 11) is 0. The van der Waals surface area contributed by atoms with Gasteiger partial charge in [0.05, 0.1) is 12.2 Å². The molecule has 170 valence electrons. The first-order chi connectivity index (χ1) is 15.2. The zero-order valence-corrected chi connectivity index (χ0v) is 19.1. The lowest BCUT2D eigenvalue weighted by molar-refractivity contribution is -0.124. The lowest BCUT2D eigenvalue weighted by atomic mass is 10.1. The van der Waals surface area contributed by atoms with Gasteiger partial charge in [0.15, 0.2) is 0 Å². The molecule has 8 nitrogen and oxygen atoms in total. The summed E-state index contributed by atoms with van der Waals surface area (Å²) in [6.45, 7) is 6.63. The number of hydrogen-bond acceptors (Lipinski definition) is 8. The van der Waals surface area contributed by atoms with Crippen LogP contribution in [0.2, 0.25) is 0 Å². The molecule has 0 saturated carbocycles. The SMILES string of the molecule is CCCCSC1NC(NN)=C2NC(=O)CN(Cc3cccc(CN4CCCC4)c3)C2N1. The van der Waals surface area contributed by atoms with Crippen LogP contribution >= 0.6 is 11.8 Å². The van der Waals surface area contributed by atoms with E-state index >= 15 is 0 Å². The topological polar surface area (TPSA) is 97.7 Å². The van der Waals surface area contributed by atoms with Gasteiger partial charge in [-0.25, -0.2) is 5.84 Å². The molecule has 1 amide bonds. The quantitative estimate of drug-likeness (QED) is 0.220. The second-order valence-electron chi connectivity index (χ2n) is 8.51. The molecule has 2 fully saturated rings. The van der Waals surface area contributed by atoms with Crippen LogP contribution in [0.25, 0.3) is 0 Å². The van der Waals surface area contributed by atoms with Crippen molar-refractivity contribution in [2.75, 3.05) is 25.4 Å². The van der Waals surface area contributed by atoms with E-state index in [-0.39, 0.29) is 17.6 Å². The number of thioether (sulfide) groups is 1. The average Bonchev–Trinajstić information content (AvgIpc) is 3.27. The van der Waals surface area contributed by atoms with Crippen molar-refractivity contribution in [2.24, 2.45) is 5.84 Å². The van der Waals surface area contributed by atoms with Gasteiger partial charge in [-0.1, -0.05) is 37.6 Å². The van der Waals surface area contributed by atoms with Crippen molar-refractivity contribution in [3.8, 4) is 0 Å². The summed E-state index contributed by atoms with van der Waals surface area (Å²) in [6, 6.07) is 8.77. The molecule has 3 aliphatic rings. The Labute approximate surface area is 189 Å². The van der Waals surface area contributed by atoms with Crippen LogP contribution in [-0.4, -0.2) is 52.8 Å². The average molecular weight is 446 g/mol. The van der Waals surface area contributed by atoms with Gasteiger partial charge in [-0.2, -0.15) is 0 Å². The number of piperazine rings is 1. The number of carbonyl (C=O) groups excluding carboxylic acids is 1. The van der Waals surface area contributed by atoms with Gasteiger partial charge in [0, 0.05) is 13.1 Å². The van der Waals surface area contributed by atoms with Gasteiger partial charge >= 0.3 is 0 Å². The first kappa shape index (κ1) is 22.4. The number of unbranched alkanes of at least 4 members (excludes halogenated alkanes) is 1. The molecule has 3 aliphatic heterocycles. The molecule has 2 atom stereocenters. The molecule has 3 heterocycles. The fourth-order valence-corrected chi connectivity index (χ4v) is 5.58. The predicted octanol–water partition coefficient (Wildman–Crippen LogP) is 1.18. The van der Waals surface area contributed by atoms with E-state index in [4.69, 9.17) is 5.84 Å². The molecule has 0 spiro atoms. The Balaban J connectivity index is 1.48. The summed E-state index contributed by atoms with van der Waals surface area (Å²) in [5, 5.41) is 10.0. The fraction of sp³-hybridized carbons (Fsp3) is 0.591. The van der Waals surface area contributed by atoms with Crippen molar-refractivity contribution < 1.29 is 4.79 Å². The highest BCUT2D eigenvalue weighted by molar-refractivity contribution is 7.99. The first-order valence-electron chi connectivity index (χ1n) is 11.4. The Bertz CT molecular complexity index is 796. The molecule has 2 saturated heterocycles. The van der Waals surface area contributed by atoms with Gasteiger partial charge in [-0.3, -0.25) is 19.9 Å². The maximum absolute atomic E-state index is 12.4. The molecule has 0 bridgehead atoms. The highest BCUT2D eigenvalue weighted by Crippen LogP contribution is 2.24. The highest BCUT2D eigenvalue weighted by atomic mass is 32.2. The summed E-state index contributed by atoms with van der Waals surface area (Å²) in [5.74, 6) is 7.51. The number of hydrogen-bond donors (Lipinski definition) is 5. The number of likely N-dealkylation sites (tertiary alicyclic amines) is 1. The van der Waals surface area contributed by atoms with E-state index < -0.39 is 0 Å². The lowest BCUT2D eigenvalue weighted by Crippen LogP contribution is -2.66. The second kappa shape index (κ2) is 10.7. The minimum atomic E-state index is -0.105. The number of benzene rings is 1. The van der Waals surface area contributed by atoms with E-state index in [9.17, 15) is 4.79 Å². The smallest absolute Gasteiger partial charge is 0.238 e. The van der Waals surface area contributed by atoms with Crippen LogP contribution < -0.4 is 27.2 Å². The Kier molecular flexibility index (Phi) is 7.73. The van der Waals surface area contributed by atoms with Gasteiger partial charge in [0.25, 0.3) is 0 Å². The minimum absolute atomic E-state index is 0.0205. The van der Waals surface area contributed by atoms with E-state index in [2.05, 4.69) is 62.4 Å². The molecule has 0 aromatic heterocycles. The van der Waals surface area contributed by atoms with Crippen molar-refractivity contribution in [1.29, 1.82) is 0 Å². The highest BCUT2D eigenvalue weighted by Gasteiger charge is 2.37. The van der Waals surface area contributed by atoms with Crippen LogP contribution in [0.1, 0.15) is 43.7 Å². The molecule has 0 radical (unpaired) electrons. The third-order valence-corrected chi connectivity index (χ3v) is 7.13. The molecule has 2 unspecified atom stereocenters. The summed E-state index contributed by atoms with van der Waals surface area (Å²) >= 11 is 1.83. The van der Waals surface area contributed by atoms with Gasteiger partial charge < -0.3 is 16.1 Å². The number of fused-ring (bicyclic) bond motifs is 1.